The second-order valence-electron chi connectivity index (χ2n) is 2.64. The van der Waals surface area contributed by atoms with Crippen molar-refractivity contribution in [3.05, 3.63) is 29.6 Å². The van der Waals surface area contributed by atoms with Crippen LogP contribution in [0.5, 0.6) is 5.75 Å². The summed E-state index contributed by atoms with van der Waals surface area (Å²) < 4.78 is 18.3. The third-order valence-corrected chi connectivity index (χ3v) is 1.56. The highest BCUT2D eigenvalue weighted by molar-refractivity contribution is 5.37. The van der Waals surface area contributed by atoms with Gasteiger partial charge in [0.1, 0.15) is 0 Å². The molecular weight excluding hydrogens is 167 g/mol. The van der Waals surface area contributed by atoms with Gasteiger partial charge in [-0.3, -0.25) is 0 Å². The summed E-state index contributed by atoms with van der Waals surface area (Å²) in [5.41, 5.74) is 0.529. The van der Waals surface area contributed by atoms with Crippen LogP contribution in [0.2, 0.25) is 0 Å². The van der Waals surface area contributed by atoms with Crippen molar-refractivity contribution in [1.29, 1.82) is 0 Å². The van der Waals surface area contributed by atoms with Crippen LogP contribution in [0, 0.1) is 18.2 Å². The molecule has 1 aromatic carbocycles. The molecule has 0 atom stereocenters. The van der Waals surface area contributed by atoms with Crippen LogP contribution < -0.4 is 4.74 Å². The first-order valence-corrected chi connectivity index (χ1v) is 4.17. The molecule has 0 fully saturated rings. The standard InChI is InChI=1S/C11H11FO/c1-3-7-13-11-6-5-9(4-2)8-10(11)12/h2,5-6,8H,3,7H2,1H3. The summed E-state index contributed by atoms with van der Waals surface area (Å²) >= 11 is 0. The Morgan fingerprint density at radius 2 is 2.31 bits per heavy atom. The maximum atomic E-state index is 13.1. The summed E-state index contributed by atoms with van der Waals surface area (Å²) in [7, 11) is 0. The predicted octanol–water partition coefficient (Wildman–Crippen LogP) is 2.60. The Hall–Kier alpha value is -1.49. The molecule has 0 spiro atoms. The summed E-state index contributed by atoms with van der Waals surface area (Å²) in [5.74, 6) is 2.22. The number of ether oxygens (including phenoxy) is 1. The third-order valence-electron chi connectivity index (χ3n) is 1.56. The van der Waals surface area contributed by atoms with Crippen LogP contribution in [-0.2, 0) is 0 Å². The molecule has 68 valence electrons. The molecule has 2 heteroatoms. The van der Waals surface area contributed by atoms with Crippen molar-refractivity contribution in [2.75, 3.05) is 6.61 Å². The lowest BCUT2D eigenvalue weighted by Crippen LogP contribution is -1.97. The molecule has 0 unspecified atom stereocenters. The molecule has 0 bridgehead atoms. The van der Waals surface area contributed by atoms with Crippen molar-refractivity contribution >= 4 is 0 Å². The zero-order valence-electron chi connectivity index (χ0n) is 7.51. The van der Waals surface area contributed by atoms with Crippen molar-refractivity contribution in [3.63, 3.8) is 0 Å². The van der Waals surface area contributed by atoms with Crippen LogP contribution in [0.4, 0.5) is 4.39 Å². The molecule has 0 saturated heterocycles. The predicted molar refractivity (Wildman–Crippen MR) is 50.1 cm³/mol. The average Bonchev–Trinajstić information content (AvgIpc) is 2.16. The van der Waals surface area contributed by atoms with Crippen LogP contribution in [-0.4, -0.2) is 6.61 Å². The van der Waals surface area contributed by atoms with Crippen LogP contribution in [0.25, 0.3) is 0 Å². The fourth-order valence-electron chi connectivity index (χ4n) is 0.920. The van der Waals surface area contributed by atoms with Gasteiger partial charge in [0, 0.05) is 5.56 Å². The lowest BCUT2D eigenvalue weighted by molar-refractivity contribution is 0.301. The average molecular weight is 178 g/mol. The number of rotatable bonds is 3. The van der Waals surface area contributed by atoms with E-state index in [-0.39, 0.29) is 5.75 Å². The van der Waals surface area contributed by atoms with Crippen molar-refractivity contribution in [2.45, 2.75) is 13.3 Å². The van der Waals surface area contributed by atoms with Crippen LogP contribution in [0.1, 0.15) is 18.9 Å². The van der Waals surface area contributed by atoms with E-state index in [9.17, 15) is 4.39 Å². The molecule has 1 rings (SSSR count). The van der Waals surface area contributed by atoms with Gasteiger partial charge in [-0.05, 0) is 24.6 Å². The van der Waals surface area contributed by atoms with E-state index in [0.717, 1.165) is 6.42 Å². The molecule has 1 aromatic rings. The van der Waals surface area contributed by atoms with Crippen LogP contribution in [0.3, 0.4) is 0 Å². The van der Waals surface area contributed by atoms with E-state index >= 15 is 0 Å². The lowest BCUT2D eigenvalue weighted by atomic mass is 10.2. The Morgan fingerprint density at radius 3 is 2.85 bits per heavy atom. The molecule has 0 amide bonds. The molecule has 0 aromatic heterocycles. The van der Waals surface area contributed by atoms with Gasteiger partial charge < -0.3 is 4.74 Å². The number of benzene rings is 1. The van der Waals surface area contributed by atoms with Crippen molar-refractivity contribution < 1.29 is 9.13 Å². The molecule has 0 heterocycles. The van der Waals surface area contributed by atoms with E-state index in [1.54, 1.807) is 12.1 Å². The van der Waals surface area contributed by atoms with E-state index in [4.69, 9.17) is 11.2 Å². The van der Waals surface area contributed by atoms with Crippen molar-refractivity contribution in [2.24, 2.45) is 0 Å². The minimum atomic E-state index is -0.399. The quantitative estimate of drug-likeness (QED) is 0.646. The molecule has 13 heavy (non-hydrogen) atoms. The zero-order valence-corrected chi connectivity index (χ0v) is 7.51. The Bertz CT molecular complexity index is 325. The summed E-state index contributed by atoms with van der Waals surface area (Å²) in [6.45, 7) is 2.49. The lowest BCUT2D eigenvalue weighted by Gasteiger charge is -2.05. The molecule has 0 aliphatic rings. The first-order valence-electron chi connectivity index (χ1n) is 4.17. The first-order chi connectivity index (χ1) is 6.27. The van der Waals surface area contributed by atoms with E-state index in [2.05, 4.69) is 5.92 Å². The van der Waals surface area contributed by atoms with Gasteiger partial charge in [-0.2, -0.15) is 0 Å². The van der Waals surface area contributed by atoms with Crippen LogP contribution >= 0.6 is 0 Å². The number of halogens is 1. The second-order valence-corrected chi connectivity index (χ2v) is 2.64. The van der Waals surface area contributed by atoms with Gasteiger partial charge in [0.25, 0.3) is 0 Å². The fourth-order valence-corrected chi connectivity index (χ4v) is 0.920. The Morgan fingerprint density at radius 1 is 1.54 bits per heavy atom. The number of hydrogen-bond acceptors (Lipinski definition) is 1. The van der Waals surface area contributed by atoms with E-state index < -0.39 is 5.82 Å². The highest BCUT2D eigenvalue weighted by Crippen LogP contribution is 2.17. The fraction of sp³-hybridized carbons (Fsp3) is 0.273. The molecular formula is C11H11FO. The van der Waals surface area contributed by atoms with Gasteiger partial charge in [-0.1, -0.05) is 12.8 Å². The Labute approximate surface area is 77.5 Å². The van der Waals surface area contributed by atoms with E-state index in [0.29, 0.717) is 12.2 Å². The van der Waals surface area contributed by atoms with Gasteiger partial charge in [0.2, 0.25) is 0 Å². The topological polar surface area (TPSA) is 9.23 Å². The first kappa shape index (κ1) is 9.60. The molecule has 0 aliphatic heterocycles. The minimum Gasteiger partial charge on any atom is -0.491 e. The number of hydrogen-bond donors (Lipinski definition) is 0. The number of terminal acetylenes is 1. The Balaban J connectivity index is 2.81. The summed E-state index contributed by atoms with van der Waals surface area (Å²) in [6, 6.07) is 4.51. The van der Waals surface area contributed by atoms with Gasteiger partial charge in [-0.15, -0.1) is 6.42 Å². The minimum absolute atomic E-state index is 0.265. The normalized spacial score (nSPS) is 9.31. The largest absolute Gasteiger partial charge is 0.491 e. The monoisotopic (exact) mass is 178 g/mol. The molecule has 1 nitrogen and oxygen atoms in total. The molecule has 0 N–H and O–H groups in total. The van der Waals surface area contributed by atoms with Gasteiger partial charge >= 0.3 is 0 Å². The van der Waals surface area contributed by atoms with Gasteiger partial charge in [0.15, 0.2) is 11.6 Å². The maximum absolute atomic E-state index is 13.1. The molecule has 0 radical (unpaired) electrons. The highest BCUT2D eigenvalue weighted by atomic mass is 19.1. The third kappa shape index (κ3) is 2.48. The summed E-state index contributed by atoms with van der Waals surface area (Å²) in [6.07, 6.45) is 5.97. The smallest absolute Gasteiger partial charge is 0.166 e. The molecule has 0 saturated carbocycles. The van der Waals surface area contributed by atoms with Crippen molar-refractivity contribution in [1.82, 2.24) is 0 Å². The zero-order chi connectivity index (χ0) is 9.68. The second kappa shape index (κ2) is 4.51. The molecule has 0 aliphatic carbocycles. The van der Waals surface area contributed by atoms with Crippen LogP contribution in [0.15, 0.2) is 18.2 Å². The SMILES string of the molecule is C#Cc1ccc(OCCC)c(F)c1. The van der Waals surface area contributed by atoms with E-state index in [1.165, 1.54) is 6.07 Å². The Kier molecular flexibility index (Phi) is 3.33. The highest BCUT2D eigenvalue weighted by Gasteiger charge is 2.02. The maximum Gasteiger partial charge on any atom is 0.166 e. The van der Waals surface area contributed by atoms with Gasteiger partial charge in [0.05, 0.1) is 6.61 Å². The summed E-state index contributed by atoms with van der Waals surface area (Å²) in [5, 5.41) is 0. The van der Waals surface area contributed by atoms with E-state index in [1.807, 2.05) is 6.92 Å². The van der Waals surface area contributed by atoms with Crippen molar-refractivity contribution in [3.8, 4) is 18.1 Å². The van der Waals surface area contributed by atoms with Gasteiger partial charge in [-0.25, -0.2) is 4.39 Å². The summed E-state index contributed by atoms with van der Waals surface area (Å²) in [4.78, 5) is 0.